The summed E-state index contributed by atoms with van der Waals surface area (Å²) in [5.74, 6) is -1.09. The number of rotatable bonds is 16. The van der Waals surface area contributed by atoms with Crippen LogP contribution in [0.25, 0.3) is 44.3 Å². The molecule has 2 aromatic heterocycles. The average molecular weight is 943 g/mol. The van der Waals surface area contributed by atoms with Gasteiger partial charge in [0.2, 0.25) is 0 Å². The lowest BCUT2D eigenvalue weighted by Crippen LogP contribution is -2.36. The van der Waals surface area contributed by atoms with Crippen molar-refractivity contribution in [1.82, 2.24) is 4.57 Å². The number of hydrogen-bond donors (Lipinski definition) is 3. The highest BCUT2D eigenvalue weighted by Gasteiger charge is 2.33. The number of ether oxygens (including phenoxy) is 6. The van der Waals surface area contributed by atoms with Gasteiger partial charge in [0.25, 0.3) is 0 Å². The molecule has 356 valence electrons. The summed E-state index contributed by atoms with van der Waals surface area (Å²) in [6.07, 6.45) is 1.17. The smallest absolute Gasteiger partial charge is 0.361 e. The summed E-state index contributed by atoms with van der Waals surface area (Å²) >= 11 is 0. The van der Waals surface area contributed by atoms with Crippen molar-refractivity contribution in [3.8, 4) is 56.9 Å². The summed E-state index contributed by atoms with van der Waals surface area (Å²) in [7, 11) is 4.35. The molecular formula is C55H50N4O11. The number of nitrogens with zero attached hydrogens (tertiary/aromatic N) is 1. The lowest BCUT2D eigenvalue weighted by atomic mass is 9.91. The summed E-state index contributed by atoms with van der Waals surface area (Å²) < 4.78 is 43.1. The van der Waals surface area contributed by atoms with E-state index in [9.17, 15) is 19.2 Å². The Morgan fingerprint density at radius 2 is 1.04 bits per heavy atom. The van der Waals surface area contributed by atoms with E-state index in [4.69, 9.17) is 50.0 Å². The lowest BCUT2D eigenvalue weighted by molar-refractivity contribution is -0.136. The van der Waals surface area contributed by atoms with Crippen molar-refractivity contribution in [2.75, 3.05) is 21.3 Å². The first-order valence-electron chi connectivity index (χ1n) is 22.6. The first kappa shape index (κ1) is 46.9. The quantitative estimate of drug-likeness (QED) is 0.0501. The van der Waals surface area contributed by atoms with Crippen LogP contribution in [0.15, 0.2) is 143 Å². The van der Waals surface area contributed by atoms with E-state index in [1.54, 1.807) is 36.4 Å². The van der Waals surface area contributed by atoms with Crippen molar-refractivity contribution in [3.63, 3.8) is 0 Å². The molecule has 0 spiro atoms. The molecule has 70 heavy (non-hydrogen) atoms. The summed E-state index contributed by atoms with van der Waals surface area (Å²) in [6.45, 7) is 0.306. The molecule has 0 saturated heterocycles. The second-order valence-corrected chi connectivity index (χ2v) is 16.9. The summed E-state index contributed by atoms with van der Waals surface area (Å²) in [6, 6.07) is 36.8. The molecule has 6 aromatic carbocycles. The number of aryl methyl sites for hydroxylation is 2. The Kier molecular flexibility index (Phi) is 13.5. The van der Waals surface area contributed by atoms with Crippen molar-refractivity contribution >= 4 is 39.8 Å². The van der Waals surface area contributed by atoms with Crippen LogP contribution in [0.5, 0.6) is 34.5 Å². The Hall–Kier alpha value is -8.24. The van der Waals surface area contributed by atoms with Crippen LogP contribution in [0.2, 0.25) is 0 Å². The van der Waals surface area contributed by atoms with Crippen LogP contribution in [0, 0.1) is 0 Å². The third-order valence-corrected chi connectivity index (χ3v) is 12.3. The molecule has 0 bridgehead atoms. The minimum Gasteiger partial charge on any atom is -0.493 e. The third kappa shape index (κ3) is 9.45. The number of carbonyl (C=O) groups excluding carboxylic acids is 3. The third-order valence-electron chi connectivity index (χ3n) is 12.3. The molecule has 0 saturated carbocycles. The monoisotopic (exact) mass is 942 g/mol. The van der Waals surface area contributed by atoms with Crippen LogP contribution in [0.3, 0.4) is 0 Å². The predicted molar refractivity (Wildman–Crippen MR) is 263 cm³/mol. The van der Waals surface area contributed by atoms with Gasteiger partial charge in [-0.1, -0.05) is 97.1 Å². The van der Waals surface area contributed by atoms with Gasteiger partial charge in [0.1, 0.15) is 29.2 Å². The van der Waals surface area contributed by atoms with Gasteiger partial charge in [-0.2, -0.15) is 0 Å². The normalized spacial score (nSPS) is 13.1. The number of nitrogens with two attached hydrogens (primary N) is 3. The average Bonchev–Trinajstić information content (AvgIpc) is 3.73. The fourth-order valence-corrected chi connectivity index (χ4v) is 8.90. The predicted octanol–water partition coefficient (Wildman–Crippen LogP) is 7.09. The molecule has 3 atom stereocenters. The van der Waals surface area contributed by atoms with Gasteiger partial charge < -0.3 is 54.6 Å². The van der Waals surface area contributed by atoms with Crippen LogP contribution in [0.4, 0.5) is 0 Å². The summed E-state index contributed by atoms with van der Waals surface area (Å²) in [5, 5.41) is 0.925. The number of benzene rings is 6. The highest BCUT2D eigenvalue weighted by molar-refractivity contribution is 6.17. The molecule has 0 unspecified atom stereocenters. The Morgan fingerprint density at radius 3 is 1.56 bits per heavy atom. The van der Waals surface area contributed by atoms with E-state index in [1.807, 2.05) is 95.6 Å². The number of aromatic nitrogens is 1. The maximum atomic E-state index is 14.5. The fraction of sp³-hybridized carbons (Fsp3) is 0.200. The van der Waals surface area contributed by atoms with Gasteiger partial charge in [-0.3, -0.25) is 0 Å². The van der Waals surface area contributed by atoms with Gasteiger partial charge in [0, 0.05) is 34.5 Å². The summed E-state index contributed by atoms with van der Waals surface area (Å²) in [5.41, 5.74) is 24.4. The maximum Gasteiger partial charge on any atom is 0.361 e. The van der Waals surface area contributed by atoms with E-state index >= 15 is 0 Å². The Labute approximate surface area is 402 Å². The van der Waals surface area contributed by atoms with Crippen molar-refractivity contribution in [2.24, 2.45) is 17.2 Å². The summed E-state index contributed by atoms with van der Waals surface area (Å²) in [4.78, 5) is 54.7. The highest BCUT2D eigenvalue weighted by atomic mass is 16.6. The molecule has 9 rings (SSSR count). The highest BCUT2D eigenvalue weighted by Crippen LogP contribution is 2.50. The van der Waals surface area contributed by atoms with Crippen molar-refractivity contribution < 1.29 is 47.2 Å². The SMILES string of the molecule is COc1cc(-c2c3n(c4c(=O)oc5cc(OC(=O)[C@@H](N)Cc6ccccc6)c(OC)cc5c24)CCc2cc(OC(=O)[C@@H](N)Cc4ccccc4)c(OC)cc2-3)ccc1OC(=O)[C@@H](N)Cc1ccccc1. The minimum atomic E-state index is -1.01. The molecule has 1 aliphatic heterocycles. The number of esters is 3. The zero-order valence-corrected chi connectivity index (χ0v) is 38.6. The molecular weight excluding hydrogens is 893 g/mol. The van der Waals surface area contributed by atoms with Crippen molar-refractivity contribution in [2.45, 2.75) is 50.4 Å². The van der Waals surface area contributed by atoms with Crippen molar-refractivity contribution in [1.29, 1.82) is 0 Å². The Balaban J connectivity index is 1.17. The largest absolute Gasteiger partial charge is 0.493 e. The molecule has 0 amide bonds. The van der Waals surface area contributed by atoms with Gasteiger partial charge in [0.15, 0.2) is 34.5 Å². The topological polar surface area (TPSA) is 220 Å². The molecule has 6 N–H and O–H groups in total. The fourth-order valence-electron chi connectivity index (χ4n) is 8.90. The van der Waals surface area contributed by atoms with Crippen LogP contribution in [0.1, 0.15) is 22.3 Å². The zero-order chi connectivity index (χ0) is 49.1. The Bertz CT molecular complexity index is 3320. The molecule has 1 aliphatic rings. The molecule has 15 nitrogen and oxygen atoms in total. The van der Waals surface area contributed by atoms with E-state index < -0.39 is 41.7 Å². The number of fused-ring (bicyclic) bond motifs is 7. The van der Waals surface area contributed by atoms with Gasteiger partial charge in [-0.15, -0.1) is 0 Å². The zero-order valence-electron chi connectivity index (χ0n) is 38.6. The standard InChI is InChI=1S/C55H50N4O11/c1-64-43-27-35(19-20-41(43)67-52(60)38(56)23-31-13-7-4-8-14-31)48-49-37-29-45(66-3)47(70-54(62)40(58)25-33-17-11-6-12-18-33)30-42(37)68-55(63)51(49)59-22-21-34-26-46(44(65-2)28-36(34)50(48)59)69-53(61)39(57)24-32-15-9-5-10-16-32/h4-20,26-30,38-40H,21-25,56-58H2,1-3H3/t38-,39-,40-/m0/s1. The van der Waals surface area contributed by atoms with Crippen LogP contribution in [-0.4, -0.2) is 61.9 Å². The van der Waals surface area contributed by atoms with Crippen molar-refractivity contribution in [3.05, 3.63) is 166 Å². The Morgan fingerprint density at radius 1 is 0.571 bits per heavy atom. The molecule has 8 aromatic rings. The maximum absolute atomic E-state index is 14.5. The molecule has 0 aliphatic carbocycles. The van der Waals surface area contributed by atoms with Crippen LogP contribution < -0.4 is 51.2 Å². The molecule has 0 fully saturated rings. The minimum absolute atomic E-state index is 0.00418. The first-order valence-corrected chi connectivity index (χ1v) is 22.6. The lowest BCUT2D eigenvalue weighted by Gasteiger charge is -2.23. The van der Waals surface area contributed by atoms with E-state index in [0.717, 1.165) is 22.3 Å². The molecule has 3 heterocycles. The number of hydrogen-bond acceptors (Lipinski definition) is 14. The van der Waals surface area contributed by atoms with E-state index in [1.165, 1.54) is 27.4 Å². The van der Waals surface area contributed by atoms with E-state index in [0.29, 0.717) is 46.1 Å². The number of carbonyl (C=O) groups is 3. The second kappa shape index (κ2) is 20.2. The number of methoxy groups -OCH3 is 3. The van der Waals surface area contributed by atoms with Crippen LogP contribution >= 0.6 is 0 Å². The molecule has 0 radical (unpaired) electrons. The molecule has 15 heteroatoms. The van der Waals surface area contributed by atoms with E-state index in [2.05, 4.69) is 0 Å². The first-order chi connectivity index (χ1) is 33.9. The van der Waals surface area contributed by atoms with E-state index in [-0.39, 0.29) is 64.9 Å². The van der Waals surface area contributed by atoms with Gasteiger partial charge >= 0.3 is 23.5 Å². The second-order valence-electron chi connectivity index (χ2n) is 16.9. The van der Waals surface area contributed by atoms with Gasteiger partial charge in [-0.05, 0) is 83.8 Å². The van der Waals surface area contributed by atoms with Crippen LogP contribution in [-0.2, 0) is 46.6 Å². The van der Waals surface area contributed by atoms with Gasteiger partial charge in [-0.25, -0.2) is 19.2 Å². The van der Waals surface area contributed by atoms with Gasteiger partial charge in [0.05, 0.1) is 27.0 Å².